The van der Waals surface area contributed by atoms with Crippen molar-refractivity contribution in [2.45, 2.75) is 4.90 Å². The maximum absolute atomic E-state index is 12.6. The van der Waals surface area contributed by atoms with Crippen molar-refractivity contribution < 1.29 is 22.7 Å². The summed E-state index contributed by atoms with van der Waals surface area (Å²) in [5.74, 6) is 0.239. The summed E-state index contributed by atoms with van der Waals surface area (Å²) in [4.78, 5) is 11.8. The van der Waals surface area contributed by atoms with Crippen LogP contribution in [0, 0.1) is 0 Å². The number of hydrogen-bond acceptors (Lipinski definition) is 5. The molecule has 0 aliphatic rings. The molecule has 25 heavy (non-hydrogen) atoms. The molecule has 2 aromatic carbocycles. The van der Waals surface area contributed by atoms with Crippen molar-refractivity contribution in [2.75, 3.05) is 26.0 Å². The van der Waals surface area contributed by atoms with E-state index in [9.17, 15) is 13.2 Å². The van der Waals surface area contributed by atoms with Crippen molar-refractivity contribution in [3.05, 3.63) is 47.0 Å². The number of benzene rings is 2. The van der Waals surface area contributed by atoms with Crippen LogP contribution in [0.25, 0.3) is 0 Å². The lowest BCUT2D eigenvalue weighted by atomic mass is 10.2. The highest BCUT2D eigenvalue weighted by molar-refractivity contribution is 7.92. The molecule has 0 spiro atoms. The summed E-state index contributed by atoms with van der Waals surface area (Å²) in [6, 6.07) is 8.50. The lowest BCUT2D eigenvalue weighted by Crippen LogP contribution is -2.20. The topological polar surface area (TPSA) is 93.7 Å². The first-order valence-electron chi connectivity index (χ1n) is 7.09. The van der Waals surface area contributed by atoms with Gasteiger partial charge in [0.25, 0.3) is 15.9 Å². The number of anilines is 1. The van der Waals surface area contributed by atoms with Crippen molar-refractivity contribution in [1.29, 1.82) is 0 Å². The Kier molecular flexibility index (Phi) is 5.76. The third-order valence-corrected chi connectivity index (χ3v) is 5.03. The third-order valence-electron chi connectivity index (χ3n) is 3.36. The molecular formula is C16H17ClN2O5S. The van der Waals surface area contributed by atoms with Gasteiger partial charge in [-0.05, 0) is 36.4 Å². The molecule has 2 aromatic rings. The van der Waals surface area contributed by atoms with E-state index in [4.69, 9.17) is 21.1 Å². The van der Waals surface area contributed by atoms with Gasteiger partial charge in [-0.3, -0.25) is 9.52 Å². The van der Waals surface area contributed by atoms with Gasteiger partial charge < -0.3 is 14.8 Å². The Hall–Kier alpha value is -2.45. The Morgan fingerprint density at radius 1 is 1.04 bits per heavy atom. The monoisotopic (exact) mass is 384 g/mol. The van der Waals surface area contributed by atoms with Crippen molar-refractivity contribution in [1.82, 2.24) is 5.32 Å². The van der Waals surface area contributed by atoms with Gasteiger partial charge in [0.05, 0.1) is 35.4 Å². The van der Waals surface area contributed by atoms with Crippen LogP contribution in [0.1, 0.15) is 10.4 Å². The highest BCUT2D eigenvalue weighted by atomic mass is 35.5. The normalized spacial score (nSPS) is 10.9. The molecule has 9 heteroatoms. The average Bonchev–Trinajstić information content (AvgIpc) is 2.60. The molecule has 7 nitrogen and oxygen atoms in total. The quantitative estimate of drug-likeness (QED) is 0.798. The summed E-state index contributed by atoms with van der Waals surface area (Å²) in [5.41, 5.74) is 0.378. The maximum atomic E-state index is 12.6. The minimum atomic E-state index is -3.92. The van der Waals surface area contributed by atoms with Crippen LogP contribution in [-0.2, 0) is 10.0 Å². The van der Waals surface area contributed by atoms with Crippen molar-refractivity contribution >= 4 is 33.2 Å². The highest BCUT2D eigenvalue weighted by Gasteiger charge is 2.20. The van der Waals surface area contributed by atoms with E-state index in [1.54, 1.807) is 6.07 Å². The van der Waals surface area contributed by atoms with Crippen LogP contribution in [0.3, 0.4) is 0 Å². The largest absolute Gasteiger partial charge is 0.496 e. The lowest BCUT2D eigenvalue weighted by molar-refractivity contribution is 0.0960. The molecule has 0 saturated carbocycles. The fraction of sp³-hybridized carbons (Fsp3) is 0.188. The first-order chi connectivity index (χ1) is 11.8. The number of nitrogens with one attached hydrogen (secondary N) is 2. The Labute approximate surface area is 151 Å². The molecule has 2 N–H and O–H groups in total. The average molecular weight is 385 g/mol. The SMILES string of the molecule is CNC(=O)c1cc(S(=O)(=O)Nc2ccc(OC)c(Cl)c2)ccc1OC. The molecule has 2 rings (SSSR count). The van der Waals surface area contributed by atoms with Crippen LogP contribution < -0.4 is 19.5 Å². The van der Waals surface area contributed by atoms with Crippen molar-refractivity contribution in [2.24, 2.45) is 0 Å². The Morgan fingerprint density at radius 3 is 2.24 bits per heavy atom. The van der Waals surface area contributed by atoms with Gasteiger partial charge in [-0.2, -0.15) is 0 Å². The Morgan fingerprint density at radius 2 is 1.68 bits per heavy atom. The first-order valence-corrected chi connectivity index (χ1v) is 8.95. The van der Waals surface area contributed by atoms with Crippen LogP contribution in [0.2, 0.25) is 5.02 Å². The van der Waals surface area contributed by atoms with E-state index < -0.39 is 15.9 Å². The van der Waals surface area contributed by atoms with Gasteiger partial charge in [-0.25, -0.2) is 8.42 Å². The van der Waals surface area contributed by atoms with Gasteiger partial charge in [0.15, 0.2) is 0 Å². The number of amides is 1. The fourth-order valence-electron chi connectivity index (χ4n) is 2.11. The molecule has 0 aliphatic heterocycles. The number of carbonyl (C=O) groups is 1. The molecular weight excluding hydrogens is 368 g/mol. The Bertz CT molecular complexity index is 899. The third kappa shape index (κ3) is 4.15. The molecule has 0 atom stereocenters. The second-order valence-corrected chi connectivity index (χ2v) is 6.99. The summed E-state index contributed by atoms with van der Waals surface area (Å²) in [7, 11) is 0.379. The minimum Gasteiger partial charge on any atom is -0.496 e. The van der Waals surface area contributed by atoms with Gasteiger partial charge in [0.1, 0.15) is 11.5 Å². The van der Waals surface area contributed by atoms with Crippen LogP contribution in [0.4, 0.5) is 5.69 Å². The van der Waals surface area contributed by atoms with Gasteiger partial charge in [0, 0.05) is 7.05 Å². The maximum Gasteiger partial charge on any atom is 0.261 e. The van der Waals surface area contributed by atoms with Crippen LogP contribution in [0.15, 0.2) is 41.3 Å². The fourth-order valence-corrected chi connectivity index (χ4v) is 3.44. The zero-order valence-electron chi connectivity index (χ0n) is 13.8. The van der Waals surface area contributed by atoms with Gasteiger partial charge in [-0.1, -0.05) is 11.6 Å². The van der Waals surface area contributed by atoms with Crippen LogP contribution in [0.5, 0.6) is 11.5 Å². The summed E-state index contributed by atoms with van der Waals surface area (Å²) < 4.78 is 37.7. The number of carbonyl (C=O) groups excluding carboxylic acids is 1. The Balaban J connectivity index is 2.39. The molecule has 1 amide bonds. The minimum absolute atomic E-state index is 0.0844. The van der Waals surface area contributed by atoms with E-state index in [0.717, 1.165) is 0 Å². The molecule has 0 radical (unpaired) electrons. The van der Waals surface area contributed by atoms with E-state index in [1.807, 2.05) is 0 Å². The number of ether oxygens (including phenoxy) is 2. The van der Waals surface area contributed by atoms with Crippen LogP contribution in [-0.4, -0.2) is 35.6 Å². The molecule has 0 unspecified atom stereocenters. The number of methoxy groups -OCH3 is 2. The zero-order chi connectivity index (χ0) is 18.6. The van der Waals surface area contributed by atoms with E-state index >= 15 is 0 Å². The van der Waals surface area contributed by atoms with E-state index in [0.29, 0.717) is 5.75 Å². The van der Waals surface area contributed by atoms with Gasteiger partial charge in [-0.15, -0.1) is 0 Å². The smallest absolute Gasteiger partial charge is 0.261 e. The molecule has 0 saturated heterocycles. The number of rotatable bonds is 6. The summed E-state index contributed by atoms with van der Waals surface area (Å²) in [6.07, 6.45) is 0. The number of halogens is 1. The summed E-state index contributed by atoms with van der Waals surface area (Å²) in [6.45, 7) is 0. The highest BCUT2D eigenvalue weighted by Crippen LogP contribution is 2.29. The second kappa shape index (κ2) is 7.62. The van der Waals surface area contributed by atoms with E-state index in [2.05, 4.69) is 10.0 Å². The van der Waals surface area contributed by atoms with Crippen molar-refractivity contribution in [3.8, 4) is 11.5 Å². The van der Waals surface area contributed by atoms with E-state index in [1.165, 1.54) is 51.6 Å². The molecule has 0 aromatic heterocycles. The second-order valence-electron chi connectivity index (χ2n) is 4.90. The van der Waals surface area contributed by atoms with Crippen molar-refractivity contribution in [3.63, 3.8) is 0 Å². The molecule has 0 fully saturated rings. The molecule has 0 aliphatic carbocycles. The molecule has 0 bridgehead atoms. The van der Waals surface area contributed by atoms with Gasteiger partial charge in [0.2, 0.25) is 0 Å². The van der Waals surface area contributed by atoms with Crippen LogP contribution >= 0.6 is 11.6 Å². The standard InChI is InChI=1S/C16H17ClN2O5S/c1-18-16(20)12-9-11(5-7-14(12)23-2)25(21,22)19-10-4-6-15(24-3)13(17)8-10/h4-9,19H,1-3H3,(H,18,20). The predicted molar refractivity (Wildman–Crippen MR) is 95.2 cm³/mol. The summed E-state index contributed by atoms with van der Waals surface area (Å²) >= 11 is 6.00. The summed E-state index contributed by atoms with van der Waals surface area (Å²) in [5, 5.41) is 2.71. The molecule has 134 valence electrons. The zero-order valence-corrected chi connectivity index (χ0v) is 15.4. The lowest BCUT2D eigenvalue weighted by Gasteiger charge is -2.12. The molecule has 0 heterocycles. The first kappa shape index (κ1) is 18.9. The van der Waals surface area contributed by atoms with E-state index in [-0.39, 0.29) is 26.9 Å². The number of hydrogen-bond donors (Lipinski definition) is 2. The predicted octanol–water partition coefficient (Wildman–Crippen LogP) is 2.52. The number of sulfonamides is 1. The van der Waals surface area contributed by atoms with Gasteiger partial charge >= 0.3 is 0 Å².